The van der Waals surface area contributed by atoms with Gasteiger partial charge in [0.1, 0.15) is 11.6 Å². The molecule has 0 unspecified atom stereocenters. The Morgan fingerprint density at radius 2 is 1.85 bits per heavy atom. The summed E-state index contributed by atoms with van der Waals surface area (Å²) in [6.07, 6.45) is 6.18. The third-order valence-electron chi connectivity index (χ3n) is 4.52. The van der Waals surface area contributed by atoms with E-state index in [9.17, 15) is 8.78 Å². The average Bonchev–Trinajstić information content (AvgIpc) is 2.42. The number of benzene rings is 1. The Kier molecular flexibility index (Phi) is 5.11. The molecule has 1 aliphatic carbocycles. The number of likely N-dealkylation sites (N-methyl/N-ethyl adjacent to an activating group) is 1. The van der Waals surface area contributed by atoms with Gasteiger partial charge in [-0.15, -0.1) is 0 Å². The van der Waals surface area contributed by atoms with E-state index in [0.717, 1.165) is 12.6 Å². The Balaban J connectivity index is 1.93. The maximum Gasteiger partial charge on any atom is 0.130 e. The Morgan fingerprint density at radius 1 is 1.15 bits per heavy atom. The van der Waals surface area contributed by atoms with Crippen LogP contribution in [-0.2, 0) is 6.54 Å². The second-order valence-electron chi connectivity index (χ2n) is 6.02. The van der Waals surface area contributed by atoms with Crippen LogP contribution in [0.2, 0.25) is 0 Å². The van der Waals surface area contributed by atoms with Gasteiger partial charge in [-0.1, -0.05) is 25.3 Å². The SMILES string of the molecule is CN(C)C1(CNCc2ccc(F)cc2F)CCCCC1. The van der Waals surface area contributed by atoms with E-state index >= 15 is 0 Å². The summed E-state index contributed by atoms with van der Waals surface area (Å²) in [5.74, 6) is -0.997. The summed E-state index contributed by atoms with van der Waals surface area (Å²) in [6.45, 7) is 1.29. The Hall–Kier alpha value is -1.00. The minimum absolute atomic E-state index is 0.175. The molecule has 0 heterocycles. The third kappa shape index (κ3) is 3.55. The highest BCUT2D eigenvalue weighted by Gasteiger charge is 2.33. The van der Waals surface area contributed by atoms with Crippen LogP contribution in [-0.4, -0.2) is 31.1 Å². The van der Waals surface area contributed by atoms with Crippen molar-refractivity contribution in [1.29, 1.82) is 0 Å². The van der Waals surface area contributed by atoms with Gasteiger partial charge in [0.25, 0.3) is 0 Å². The molecule has 1 fully saturated rings. The summed E-state index contributed by atoms with van der Waals surface area (Å²) in [5.41, 5.74) is 0.700. The van der Waals surface area contributed by atoms with Gasteiger partial charge in [0.2, 0.25) is 0 Å². The molecule has 0 radical (unpaired) electrons. The Bertz CT molecular complexity index is 440. The summed E-state index contributed by atoms with van der Waals surface area (Å²) in [7, 11) is 4.23. The van der Waals surface area contributed by atoms with Gasteiger partial charge in [0, 0.05) is 30.3 Å². The zero-order valence-electron chi connectivity index (χ0n) is 12.4. The van der Waals surface area contributed by atoms with Gasteiger partial charge >= 0.3 is 0 Å². The molecule has 1 aromatic carbocycles. The standard InChI is InChI=1S/C16H24F2N2/c1-20(2)16(8-4-3-5-9-16)12-19-11-13-6-7-14(17)10-15(13)18/h6-7,10,19H,3-5,8-9,11-12H2,1-2H3. The van der Waals surface area contributed by atoms with E-state index in [1.54, 1.807) is 0 Å². The molecule has 0 aliphatic heterocycles. The Morgan fingerprint density at radius 3 is 2.45 bits per heavy atom. The molecule has 0 spiro atoms. The lowest BCUT2D eigenvalue weighted by molar-refractivity contribution is 0.0983. The summed E-state index contributed by atoms with van der Waals surface area (Å²) in [6, 6.07) is 3.77. The van der Waals surface area contributed by atoms with Crippen molar-refractivity contribution in [3.05, 3.63) is 35.4 Å². The van der Waals surface area contributed by atoms with Crippen molar-refractivity contribution >= 4 is 0 Å². The first-order valence-corrected chi connectivity index (χ1v) is 7.36. The van der Waals surface area contributed by atoms with Crippen LogP contribution >= 0.6 is 0 Å². The highest BCUT2D eigenvalue weighted by Crippen LogP contribution is 2.31. The third-order valence-corrected chi connectivity index (χ3v) is 4.52. The Labute approximate surface area is 120 Å². The smallest absolute Gasteiger partial charge is 0.130 e. The normalized spacial score (nSPS) is 18.4. The lowest BCUT2D eigenvalue weighted by Gasteiger charge is -2.43. The molecule has 1 aliphatic rings. The van der Waals surface area contributed by atoms with Crippen molar-refractivity contribution < 1.29 is 8.78 Å². The van der Waals surface area contributed by atoms with E-state index in [1.165, 1.54) is 44.2 Å². The van der Waals surface area contributed by atoms with Gasteiger partial charge in [-0.2, -0.15) is 0 Å². The van der Waals surface area contributed by atoms with E-state index in [4.69, 9.17) is 0 Å². The minimum atomic E-state index is -0.525. The number of hydrogen-bond acceptors (Lipinski definition) is 2. The first-order chi connectivity index (χ1) is 9.53. The molecular weight excluding hydrogens is 258 g/mol. The predicted molar refractivity (Wildman–Crippen MR) is 77.6 cm³/mol. The quantitative estimate of drug-likeness (QED) is 0.891. The van der Waals surface area contributed by atoms with Crippen LogP contribution in [0.3, 0.4) is 0 Å². The van der Waals surface area contributed by atoms with Crippen molar-refractivity contribution in [3.8, 4) is 0 Å². The molecule has 4 heteroatoms. The van der Waals surface area contributed by atoms with Crippen LogP contribution < -0.4 is 5.32 Å². The van der Waals surface area contributed by atoms with Crippen molar-refractivity contribution in [1.82, 2.24) is 10.2 Å². The molecule has 0 bridgehead atoms. The summed E-state index contributed by atoms with van der Waals surface area (Å²) >= 11 is 0. The fourth-order valence-corrected chi connectivity index (χ4v) is 3.09. The van der Waals surface area contributed by atoms with Crippen LogP contribution in [0.25, 0.3) is 0 Å². The second kappa shape index (κ2) is 6.64. The average molecular weight is 282 g/mol. The van der Waals surface area contributed by atoms with E-state index < -0.39 is 11.6 Å². The molecular formula is C16H24F2N2. The first kappa shape index (κ1) is 15.4. The largest absolute Gasteiger partial charge is 0.311 e. The van der Waals surface area contributed by atoms with Crippen LogP contribution in [0, 0.1) is 11.6 Å². The maximum absolute atomic E-state index is 13.6. The molecule has 112 valence electrons. The molecule has 2 nitrogen and oxygen atoms in total. The molecule has 2 rings (SSSR count). The number of rotatable bonds is 5. The van der Waals surface area contributed by atoms with Crippen LogP contribution in [0.1, 0.15) is 37.7 Å². The maximum atomic E-state index is 13.6. The lowest BCUT2D eigenvalue weighted by Crippen LogP contribution is -2.52. The first-order valence-electron chi connectivity index (χ1n) is 7.36. The summed E-state index contributed by atoms with van der Waals surface area (Å²) in [4.78, 5) is 2.29. The fourth-order valence-electron chi connectivity index (χ4n) is 3.09. The van der Waals surface area contributed by atoms with Crippen molar-refractivity contribution in [2.45, 2.75) is 44.2 Å². The summed E-state index contributed by atoms with van der Waals surface area (Å²) in [5, 5.41) is 3.35. The lowest BCUT2D eigenvalue weighted by atomic mass is 9.80. The molecule has 0 aromatic heterocycles. The summed E-state index contributed by atoms with van der Waals surface area (Å²) < 4.78 is 26.4. The molecule has 20 heavy (non-hydrogen) atoms. The molecule has 1 aromatic rings. The van der Waals surface area contributed by atoms with Gasteiger partial charge < -0.3 is 10.2 Å². The van der Waals surface area contributed by atoms with Crippen LogP contribution in [0.15, 0.2) is 18.2 Å². The van der Waals surface area contributed by atoms with E-state index in [2.05, 4.69) is 24.3 Å². The van der Waals surface area contributed by atoms with E-state index in [1.807, 2.05) is 0 Å². The molecule has 0 saturated heterocycles. The van der Waals surface area contributed by atoms with Crippen molar-refractivity contribution in [2.24, 2.45) is 0 Å². The highest BCUT2D eigenvalue weighted by atomic mass is 19.1. The second-order valence-corrected chi connectivity index (χ2v) is 6.02. The number of hydrogen-bond donors (Lipinski definition) is 1. The van der Waals surface area contributed by atoms with Crippen LogP contribution in [0.5, 0.6) is 0 Å². The number of nitrogens with one attached hydrogen (secondary N) is 1. The van der Waals surface area contributed by atoms with Crippen molar-refractivity contribution in [2.75, 3.05) is 20.6 Å². The fraction of sp³-hybridized carbons (Fsp3) is 0.625. The molecule has 1 N–H and O–H groups in total. The molecule has 0 amide bonds. The zero-order chi connectivity index (χ0) is 14.6. The predicted octanol–water partition coefficient (Wildman–Crippen LogP) is 3.32. The van der Waals surface area contributed by atoms with Gasteiger partial charge in [-0.05, 0) is 33.0 Å². The topological polar surface area (TPSA) is 15.3 Å². The van der Waals surface area contributed by atoms with Gasteiger partial charge in [-0.3, -0.25) is 0 Å². The van der Waals surface area contributed by atoms with Crippen LogP contribution in [0.4, 0.5) is 8.78 Å². The minimum Gasteiger partial charge on any atom is -0.311 e. The number of halogens is 2. The molecule has 1 saturated carbocycles. The van der Waals surface area contributed by atoms with Gasteiger partial charge in [0.05, 0.1) is 0 Å². The van der Waals surface area contributed by atoms with E-state index in [-0.39, 0.29) is 5.54 Å². The van der Waals surface area contributed by atoms with E-state index in [0.29, 0.717) is 12.1 Å². The zero-order valence-corrected chi connectivity index (χ0v) is 12.4. The van der Waals surface area contributed by atoms with Gasteiger partial charge in [-0.25, -0.2) is 8.78 Å². The highest BCUT2D eigenvalue weighted by molar-refractivity contribution is 5.18. The number of nitrogens with zero attached hydrogens (tertiary/aromatic N) is 1. The van der Waals surface area contributed by atoms with Gasteiger partial charge in [0.15, 0.2) is 0 Å². The van der Waals surface area contributed by atoms with Crippen molar-refractivity contribution in [3.63, 3.8) is 0 Å². The molecule has 0 atom stereocenters. The monoisotopic (exact) mass is 282 g/mol.